The molecule has 13 heavy (non-hydrogen) atoms. The van der Waals surface area contributed by atoms with E-state index < -0.39 is 18.1 Å². The van der Waals surface area contributed by atoms with Gasteiger partial charge in [-0.05, 0) is 0 Å². The fourth-order valence-corrected chi connectivity index (χ4v) is 1.24. The molecule has 76 valence electrons. The fraction of sp³-hybridized carbons (Fsp3) is 1.00. The minimum absolute atomic E-state index is 0. The van der Waals surface area contributed by atoms with Crippen molar-refractivity contribution >= 4 is 40.5 Å². The van der Waals surface area contributed by atoms with Crippen molar-refractivity contribution in [1.82, 2.24) is 0 Å². The normalized spacial score (nSPS) is 19.5. The van der Waals surface area contributed by atoms with E-state index in [2.05, 4.69) is 30.7 Å². The molecule has 0 rings (SSSR count). The molecule has 11 heteroatoms. The van der Waals surface area contributed by atoms with E-state index in [0.717, 1.165) is 0 Å². The minimum Gasteiger partial charge on any atom is -1.00 e. The van der Waals surface area contributed by atoms with Gasteiger partial charge in [-0.1, -0.05) is 0 Å². The van der Waals surface area contributed by atoms with Gasteiger partial charge in [0.25, 0.3) is 18.1 Å². The monoisotopic (exact) mass is 278 g/mol. The van der Waals surface area contributed by atoms with Crippen molar-refractivity contribution < 1.29 is 56.9 Å². The van der Waals surface area contributed by atoms with Gasteiger partial charge < -0.3 is 1.43 Å². The molecule has 0 fully saturated rings. The van der Waals surface area contributed by atoms with E-state index in [-0.39, 0.29) is 44.2 Å². The smallest absolute Gasteiger partial charge is 1.00 e. The molecule has 0 saturated carbocycles. The maximum atomic E-state index is 10.2. The molecule has 0 aliphatic heterocycles. The van der Waals surface area contributed by atoms with Crippen LogP contribution >= 0.6 is 0 Å². The quantitative estimate of drug-likeness (QED) is 0.394. The van der Waals surface area contributed by atoms with Crippen LogP contribution in [0.25, 0.3) is 0 Å². The van der Waals surface area contributed by atoms with Crippen molar-refractivity contribution in [2.45, 2.75) is 0 Å². The summed E-state index contributed by atoms with van der Waals surface area (Å²) in [6, 6.07) is 0. The fourth-order valence-electron chi connectivity index (χ4n) is 0.279. The number of hydrogen-bond donors (Lipinski definition) is 2. The van der Waals surface area contributed by atoms with Gasteiger partial charge in [0, 0.05) is 22.4 Å². The van der Waals surface area contributed by atoms with Crippen molar-refractivity contribution in [3.63, 3.8) is 0 Å². The van der Waals surface area contributed by atoms with Gasteiger partial charge in [0.05, 0.1) is 13.2 Å². The average Bonchev–Trinajstić information content (AvgIpc) is 1.76. The first-order valence-corrected chi connectivity index (χ1v) is 7.17. The van der Waals surface area contributed by atoms with E-state index in [0.29, 0.717) is 0 Å². The molecule has 0 aromatic carbocycles. The molecular formula is C2H7NaO6S4. The molecule has 0 aliphatic carbocycles. The molecule has 0 bridgehead atoms. The summed E-state index contributed by atoms with van der Waals surface area (Å²) in [4.78, 5) is 0. The SMILES string of the molecule is O=S(O)(=S)OCCOS(=O)(O)=S.[H-].[Na+]. The third-order valence-corrected chi connectivity index (χ3v) is 2.05. The Labute approximate surface area is 110 Å². The molecule has 2 unspecified atom stereocenters. The van der Waals surface area contributed by atoms with Gasteiger partial charge in [-0.2, -0.15) is 8.42 Å². The van der Waals surface area contributed by atoms with Gasteiger partial charge in [0.15, 0.2) is 0 Å². The van der Waals surface area contributed by atoms with Crippen molar-refractivity contribution in [2.24, 2.45) is 0 Å². The van der Waals surface area contributed by atoms with Crippen molar-refractivity contribution in [1.29, 1.82) is 0 Å². The Bertz CT molecular complexity index is 288. The maximum absolute atomic E-state index is 10.2. The molecule has 0 radical (unpaired) electrons. The zero-order valence-corrected chi connectivity index (χ0v) is 11.8. The molecule has 6 nitrogen and oxygen atoms in total. The second kappa shape index (κ2) is 6.95. The minimum atomic E-state index is -3.70. The Morgan fingerprint density at radius 3 is 1.46 bits per heavy atom. The van der Waals surface area contributed by atoms with Crippen LogP contribution in [0.15, 0.2) is 0 Å². The van der Waals surface area contributed by atoms with Crippen LogP contribution in [0.4, 0.5) is 0 Å². The molecule has 0 amide bonds. The molecule has 2 atom stereocenters. The Morgan fingerprint density at radius 1 is 1.08 bits per heavy atom. The first-order chi connectivity index (χ1) is 5.21. The maximum Gasteiger partial charge on any atom is 1.00 e. The largest absolute Gasteiger partial charge is 1.00 e. The van der Waals surface area contributed by atoms with Crippen LogP contribution in [0.2, 0.25) is 0 Å². The second-order valence-electron chi connectivity index (χ2n) is 1.50. The van der Waals surface area contributed by atoms with E-state index in [1.54, 1.807) is 0 Å². The van der Waals surface area contributed by atoms with Crippen molar-refractivity contribution in [2.75, 3.05) is 13.2 Å². The van der Waals surface area contributed by atoms with E-state index in [1.807, 2.05) is 0 Å². The predicted octanol–water partition coefficient (Wildman–Crippen LogP) is -3.60. The summed E-state index contributed by atoms with van der Waals surface area (Å²) in [6.07, 6.45) is 0. The molecule has 0 aliphatic rings. The van der Waals surface area contributed by atoms with Crippen LogP contribution < -0.4 is 29.6 Å². The van der Waals surface area contributed by atoms with E-state index in [9.17, 15) is 8.42 Å². The van der Waals surface area contributed by atoms with Gasteiger partial charge in [0.1, 0.15) is 0 Å². The summed E-state index contributed by atoms with van der Waals surface area (Å²) >= 11 is 7.87. The zero-order chi connectivity index (χ0) is 9.83. The summed E-state index contributed by atoms with van der Waals surface area (Å²) < 4.78 is 45.4. The first kappa shape index (κ1) is 17.0. The molecule has 0 spiro atoms. The van der Waals surface area contributed by atoms with Crippen LogP contribution in [-0.4, -0.2) is 30.7 Å². The molecule has 0 heterocycles. The van der Waals surface area contributed by atoms with Crippen LogP contribution in [0.5, 0.6) is 0 Å². The molecule has 2 N–H and O–H groups in total. The summed E-state index contributed by atoms with van der Waals surface area (Å²) in [5.41, 5.74) is 0. The topological polar surface area (TPSA) is 93.1 Å². The number of hydrogen-bond acceptors (Lipinski definition) is 6. The molecule has 0 saturated heterocycles. The standard InChI is InChI=1S/C2H6O6S4.Na.H/c3-11(4,9)7-1-2-8-12(5,6)10;;/h1-2H2,(H,3,4,9)(H,5,6,10);;/q;+1;-1. The summed E-state index contributed by atoms with van der Waals surface area (Å²) in [6.45, 7) is -0.736. The zero-order valence-electron chi connectivity index (χ0n) is 7.57. The first-order valence-electron chi connectivity index (χ1n) is 2.44. The average molecular weight is 278 g/mol. The van der Waals surface area contributed by atoms with E-state index in [4.69, 9.17) is 9.11 Å². The summed E-state index contributed by atoms with van der Waals surface area (Å²) in [5.74, 6) is 0. The van der Waals surface area contributed by atoms with Crippen LogP contribution in [0, 0.1) is 0 Å². The molecule has 0 aromatic rings. The molecular weight excluding hydrogens is 271 g/mol. The van der Waals surface area contributed by atoms with Gasteiger partial charge in [0.2, 0.25) is 0 Å². The van der Waals surface area contributed by atoms with Crippen molar-refractivity contribution in [3.05, 3.63) is 0 Å². The Morgan fingerprint density at radius 2 is 1.31 bits per heavy atom. The van der Waals surface area contributed by atoms with Crippen molar-refractivity contribution in [3.8, 4) is 0 Å². The van der Waals surface area contributed by atoms with E-state index in [1.165, 1.54) is 0 Å². The van der Waals surface area contributed by atoms with Gasteiger partial charge in [-0.3, -0.25) is 17.5 Å². The Hall–Kier alpha value is 1.58. The number of rotatable bonds is 5. The third kappa shape index (κ3) is 16.3. The third-order valence-electron chi connectivity index (χ3n) is 0.548. The predicted molar refractivity (Wildman–Crippen MR) is 49.3 cm³/mol. The van der Waals surface area contributed by atoms with Crippen LogP contribution in [0.1, 0.15) is 1.43 Å². The van der Waals surface area contributed by atoms with Gasteiger partial charge in [-0.15, -0.1) is 0 Å². The summed E-state index contributed by atoms with van der Waals surface area (Å²) in [7, 11) is -7.39. The van der Waals surface area contributed by atoms with Crippen LogP contribution in [0.3, 0.4) is 0 Å². The second-order valence-corrected chi connectivity index (χ2v) is 6.21. The Balaban J connectivity index is -0.000000605. The molecule has 0 aromatic heterocycles. The van der Waals surface area contributed by atoms with Crippen LogP contribution in [-0.2, 0) is 48.8 Å². The van der Waals surface area contributed by atoms with Gasteiger partial charge in [-0.25, -0.2) is 0 Å². The summed E-state index contributed by atoms with van der Waals surface area (Å²) in [5, 5.41) is 0. The van der Waals surface area contributed by atoms with Gasteiger partial charge >= 0.3 is 29.6 Å². The Kier molecular flexibility index (Phi) is 9.09. The van der Waals surface area contributed by atoms with E-state index >= 15 is 0 Å².